The van der Waals surface area contributed by atoms with Crippen molar-refractivity contribution < 1.29 is 9.53 Å². The van der Waals surface area contributed by atoms with Gasteiger partial charge in [0, 0.05) is 15.2 Å². The minimum absolute atomic E-state index is 0.327. The van der Waals surface area contributed by atoms with Crippen LogP contribution in [0.1, 0.15) is 5.56 Å². The summed E-state index contributed by atoms with van der Waals surface area (Å²) < 4.78 is 6.25. The lowest BCUT2D eigenvalue weighted by molar-refractivity contribution is -0.128. The molecule has 0 spiro atoms. The van der Waals surface area contributed by atoms with Gasteiger partial charge in [0.05, 0.1) is 5.69 Å². The Morgan fingerprint density at radius 3 is 2.40 bits per heavy atom. The normalized spacial score (nSPS) is 16.1. The van der Waals surface area contributed by atoms with Crippen molar-refractivity contribution >= 4 is 45.7 Å². The summed E-state index contributed by atoms with van der Waals surface area (Å²) in [6, 6.07) is 17.2. The maximum absolute atomic E-state index is 11.9. The first-order valence-electron chi connectivity index (χ1n) is 6.06. The molecule has 0 saturated carbocycles. The molecule has 1 aliphatic rings. The minimum Gasteiger partial charge on any atom is -0.421 e. The van der Waals surface area contributed by atoms with Gasteiger partial charge in [0.25, 0.3) is 0 Å². The maximum Gasteiger partial charge on any atom is 0.362 e. The fourth-order valence-corrected chi connectivity index (χ4v) is 2.37. The van der Waals surface area contributed by atoms with Gasteiger partial charge in [0.1, 0.15) is 5.76 Å². The van der Waals surface area contributed by atoms with E-state index in [0.717, 1.165) is 14.8 Å². The highest BCUT2D eigenvalue weighted by molar-refractivity contribution is 14.1. The van der Waals surface area contributed by atoms with Crippen molar-refractivity contribution in [2.24, 2.45) is 4.99 Å². The number of carbonyl (C=O) groups is 1. The molecule has 1 aliphatic heterocycles. The lowest BCUT2D eigenvalue weighted by Gasteiger charge is -1.99. The van der Waals surface area contributed by atoms with Gasteiger partial charge in [-0.3, -0.25) is 0 Å². The largest absolute Gasteiger partial charge is 0.421 e. The second-order valence-corrected chi connectivity index (χ2v) is 5.37. The summed E-state index contributed by atoms with van der Waals surface area (Å²) >= 11 is 2.19. The smallest absolute Gasteiger partial charge is 0.362 e. The number of para-hydroxylation sites is 1. The second kappa shape index (κ2) is 5.58. The first kappa shape index (κ1) is 13.1. The molecule has 0 radical (unpaired) electrons. The van der Waals surface area contributed by atoms with Gasteiger partial charge in [-0.1, -0.05) is 42.5 Å². The van der Waals surface area contributed by atoms with Gasteiger partial charge < -0.3 is 4.74 Å². The molecule has 20 heavy (non-hydrogen) atoms. The van der Waals surface area contributed by atoms with Crippen LogP contribution in [0.2, 0.25) is 0 Å². The van der Waals surface area contributed by atoms with Gasteiger partial charge in [0.2, 0.25) is 0 Å². The molecule has 0 aromatic heterocycles. The van der Waals surface area contributed by atoms with Gasteiger partial charge in [0.15, 0.2) is 5.71 Å². The fraction of sp³-hybridized carbons (Fsp3) is 0. The van der Waals surface area contributed by atoms with E-state index in [1.165, 1.54) is 0 Å². The quantitative estimate of drug-likeness (QED) is 0.589. The number of cyclic esters (lactones) is 1. The van der Waals surface area contributed by atoms with E-state index in [1.54, 1.807) is 6.08 Å². The number of rotatable bonds is 2. The van der Waals surface area contributed by atoms with Crippen molar-refractivity contribution in [3.63, 3.8) is 0 Å². The molecule has 2 aromatic rings. The summed E-state index contributed by atoms with van der Waals surface area (Å²) in [7, 11) is 0. The van der Waals surface area contributed by atoms with Crippen LogP contribution >= 0.6 is 22.6 Å². The van der Waals surface area contributed by atoms with Crippen molar-refractivity contribution in [2.45, 2.75) is 0 Å². The van der Waals surface area contributed by atoms with E-state index in [1.807, 2.05) is 54.6 Å². The van der Waals surface area contributed by atoms with E-state index in [9.17, 15) is 4.79 Å². The molecule has 0 amide bonds. The number of esters is 1. The van der Waals surface area contributed by atoms with Crippen LogP contribution in [-0.2, 0) is 9.53 Å². The molecule has 2 aromatic carbocycles. The zero-order valence-electron chi connectivity index (χ0n) is 10.4. The van der Waals surface area contributed by atoms with Crippen LogP contribution < -0.4 is 0 Å². The minimum atomic E-state index is -0.413. The summed E-state index contributed by atoms with van der Waals surface area (Å²) in [5.41, 5.74) is 1.97. The Labute approximate surface area is 130 Å². The van der Waals surface area contributed by atoms with E-state index in [4.69, 9.17) is 4.74 Å². The Balaban J connectivity index is 1.97. The van der Waals surface area contributed by atoms with E-state index in [2.05, 4.69) is 27.6 Å². The number of hydrogen-bond acceptors (Lipinski definition) is 3. The molecule has 0 fully saturated rings. The summed E-state index contributed by atoms with van der Waals surface area (Å²) in [6.45, 7) is 0. The molecule has 3 nitrogen and oxygen atoms in total. The van der Waals surface area contributed by atoms with Gasteiger partial charge in [-0.15, -0.1) is 0 Å². The molecule has 3 rings (SSSR count). The van der Waals surface area contributed by atoms with Crippen LogP contribution in [-0.4, -0.2) is 11.7 Å². The highest BCUT2D eigenvalue weighted by Gasteiger charge is 2.23. The molecule has 0 unspecified atom stereocenters. The number of benzene rings is 2. The summed E-state index contributed by atoms with van der Waals surface area (Å²) in [4.78, 5) is 16.2. The average molecular weight is 375 g/mol. The second-order valence-electron chi connectivity index (χ2n) is 4.21. The third-order valence-electron chi connectivity index (χ3n) is 2.83. The lowest BCUT2D eigenvalue weighted by Crippen LogP contribution is -2.06. The third kappa shape index (κ3) is 2.65. The van der Waals surface area contributed by atoms with Crippen LogP contribution in [0, 0.1) is 3.57 Å². The van der Waals surface area contributed by atoms with Crippen LogP contribution in [0.5, 0.6) is 0 Å². The van der Waals surface area contributed by atoms with Gasteiger partial charge in [-0.25, -0.2) is 9.79 Å². The first-order valence-corrected chi connectivity index (χ1v) is 7.14. The van der Waals surface area contributed by atoms with Gasteiger partial charge >= 0.3 is 5.97 Å². The van der Waals surface area contributed by atoms with Gasteiger partial charge in [-0.2, -0.15) is 0 Å². The van der Waals surface area contributed by atoms with Crippen LogP contribution in [0.15, 0.2) is 65.7 Å². The zero-order valence-corrected chi connectivity index (χ0v) is 12.6. The summed E-state index contributed by atoms with van der Waals surface area (Å²) in [5.74, 6) is 0.129. The number of aliphatic imine (C=N–C) groups is 1. The predicted octanol–water partition coefficient (Wildman–Crippen LogP) is 3.96. The summed E-state index contributed by atoms with van der Waals surface area (Å²) in [6.07, 6.45) is 1.68. The van der Waals surface area contributed by atoms with E-state index in [0.29, 0.717) is 11.5 Å². The topological polar surface area (TPSA) is 38.7 Å². The molecule has 98 valence electrons. The van der Waals surface area contributed by atoms with E-state index in [-0.39, 0.29) is 0 Å². The highest BCUT2D eigenvalue weighted by Crippen LogP contribution is 2.25. The molecular weight excluding hydrogens is 365 g/mol. The molecule has 0 aliphatic carbocycles. The standard InChI is InChI=1S/C16H10INO2/c17-12-8-4-5-9-13(12)18-14-10-15(20-16(14)19)11-6-2-1-3-7-11/h1-10H. The maximum atomic E-state index is 11.9. The Hall–Kier alpha value is -1.95. The van der Waals surface area contributed by atoms with E-state index >= 15 is 0 Å². The molecule has 4 heteroatoms. The zero-order chi connectivity index (χ0) is 13.9. The van der Waals surface area contributed by atoms with Crippen molar-refractivity contribution in [1.29, 1.82) is 0 Å². The molecule has 1 heterocycles. The van der Waals surface area contributed by atoms with E-state index < -0.39 is 5.97 Å². The summed E-state index contributed by atoms with van der Waals surface area (Å²) in [5, 5.41) is 0. The van der Waals surface area contributed by atoms with Crippen molar-refractivity contribution in [3.8, 4) is 0 Å². The van der Waals surface area contributed by atoms with Gasteiger partial charge in [-0.05, 0) is 34.7 Å². The Bertz CT molecular complexity index is 720. The lowest BCUT2D eigenvalue weighted by atomic mass is 10.2. The monoisotopic (exact) mass is 375 g/mol. The average Bonchev–Trinajstić information content (AvgIpc) is 2.84. The number of halogens is 1. The predicted molar refractivity (Wildman–Crippen MR) is 86.8 cm³/mol. The van der Waals surface area contributed by atoms with Crippen molar-refractivity contribution in [1.82, 2.24) is 0 Å². The Morgan fingerprint density at radius 2 is 1.65 bits per heavy atom. The Morgan fingerprint density at radius 1 is 0.950 bits per heavy atom. The Kier molecular flexibility index (Phi) is 3.64. The number of hydrogen-bond donors (Lipinski definition) is 0. The van der Waals surface area contributed by atoms with Crippen molar-refractivity contribution in [3.05, 3.63) is 69.8 Å². The van der Waals surface area contributed by atoms with Crippen LogP contribution in [0.25, 0.3) is 5.76 Å². The fourth-order valence-electron chi connectivity index (χ4n) is 1.86. The van der Waals surface area contributed by atoms with Crippen LogP contribution in [0.4, 0.5) is 5.69 Å². The first-order chi connectivity index (χ1) is 9.74. The molecule has 0 atom stereocenters. The van der Waals surface area contributed by atoms with Crippen molar-refractivity contribution in [2.75, 3.05) is 0 Å². The molecule has 0 bridgehead atoms. The number of ether oxygens (including phenoxy) is 1. The molecule has 0 saturated heterocycles. The highest BCUT2D eigenvalue weighted by atomic mass is 127. The van der Waals surface area contributed by atoms with Crippen LogP contribution in [0.3, 0.4) is 0 Å². The molecular formula is C16H10INO2. The molecule has 0 N–H and O–H groups in total. The third-order valence-corrected chi connectivity index (χ3v) is 3.74. The number of nitrogens with zero attached hydrogens (tertiary/aromatic N) is 1. The SMILES string of the molecule is O=C1OC(c2ccccc2)=CC1=Nc1ccccc1I. The number of carbonyl (C=O) groups excluding carboxylic acids is 1.